The fraction of sp³-hybridized carbons (Fsp3) is 0.474. The van der Waals surface area contributed by atoms with Crippen LogP contribution in [0, 0.1) is 17.8 Å². The maximum absolute atomic E-state index is 12.2. The molecule has 1 aromatic carbocycles. The summed E-state index contributed by atoms with van der Waals surface area (Å²) in [6, 6.07) is 8.55. The topological polar surface area (TPSA) is 105 Å². The fourth-order valence-electron chi connectivity index (χ4n) is 4.32. The largest absolute Gasteiger partial charge is 0.463 e. The van der Waals surface area contributed by atoms with Crippen molar-refractivity contribution >= 4 is 23.9 Å². The molecule has 4 rings (SSSR count). The Morgan fingerprint density at radius 2 is 1.89 bits per heavy atom. The van der Waals surface area contributed by atoms with E-state index in [1.165, 1.54) is 6.92 Å². The SMILES string of the molecule is CC(=O)OC[C@]12C[C@@H](COC(=O)c3ccccc3)[C@H](O1)[C@@H]1C(=O)OC(=O)[C@@H]12. The van der Waals surface area contributed by atoms with Crippen LogP contribution in [-0.4, -0.2) is 48.8 Å². The highest BCUT2D eigenvalue weighted by Gasteiger charge is 2.72. The molecule has 2 bridgehead atoms. The van der Waals surface area contributed by atoms with Gasteiger partial charge >= 0.3 is 23.9 Å². The van der Waals surface area contributed by atoms with Gasteiger partial charge < -0.3 is 18.9 Å². The van der Waals surface area contributed by atoms with Crippen LogP contribution in [0.25, 0.3) is 0 Å². The van der Waals surface area contributed by atoms with E-state index in [0.29, 0.717) is 12.0 Å². The van der Waals surface area contributed by atoms with Gasteiger partial charge in [0.05, 0.1) is 18.3 Å². The summed E-state index contributed by atoms with van der Waals surface area (Å²) in [5, 5.41) is 0. The molecule has 0 unspecified atom stereocenters. The molecule has 8 heteroatoms. The molecule has 3 heterocycles. The summed E-state index contributed by atoms with van der Waals surface area (Å²) in [5.74, 6) is -4.14. The van der Waals surface area contributed by atoms with Crippen molar-refractivity contribution in [3.8, 4) is 0 Å². The second-order valence-electron chi connectivity index (χ2n) is 7.10. The van der Waals surface area contributed by atoms with Crippen LogP contribution in [0.15, 0.2) is 30.3 Å². The molecule has 8 nitrogen and oxygen atoms in total. The van der Waals surface area contributed by atoms with E-state index >= 15 is 0 Å². The van der Waals surface area contributed by atoms with E-state index in [0.717, 1.165) is 0 Å². The number of cyclic esters (lactones) is 2. The van der Waals surface area contributed by atoms with Crippen LogP contribution in [0.4, 0.5) is 0 Å². The van der Waals surface area contributed by atoms with E-state index in [1.807, 2.05) is 0 Å². The molecule has 142 valence electrons. The molecule has 27 heavy (non-hydrogen) atoms. The number of hydrogen-bond donors (Lipinski definition) is 0. The van der Waals surface area contributed by atoms with Gasteiger partial charge in [0, 0.05) is 12.8 Å². The minimum absolute atomic E-state index is 0.0326. The zero-order valence-corrected chi connectivity index (χ0v) is 14.6. The molecule has 0 amide bonds. The quantitative estimate of drug-likeness (QED) is 0.425. The molecule has 0 spiro atoms. The Hall–Kier alpha value is -2.74. The van der Waals surface area contributed by atoms with Gasteiger partial charge in [0.15, 0.2) is 0 Å². The minimum atomic E-state index is -1.12. The predicted octanol–water partition coefficient (Wildman–Crippen LogP) is 0.880. The number of ether oxygens (including phenoxy) is 4. The summed E-state index contributed by atoms with van der Waals surface area (Å²) in [7, 11) is 0. The predicted molar refractivity (Wildman–Crippen MR) is 87.1 cm³/mol. The Kier molecular flexibility index (Phi) is 4.22. The zero-order chi connectivity index (χ0) is 19.2. The maximum Gasteiger partial charge on any atom is 0.338 e. The highest BCUT2D eigenvalue weighted by atomic mass is 16.6. The lowest BCUT2D eigenvalue weighted by Crippen LogP contribution is -2.47. The second kappa shape index (κ2) is 6.45. The van der Waals surface area contributed by atoms with Gasteiger partial charge in [-0.2, -0.15) is 0 Å². The van der Waals surface area contributed by atoms with Gasteiger partial charge in [-0.25, -0.2) is 4.79 Å². The van der Waals surface area contributed by atoms with Crippen LogP contribution in [0.2, 0.25) is 0 Å². The highest BCUT2D eigenvalue weighted by Crippen LogP contribution is 2.57. The molecule has 1 aromatic rings. The molecule has 0 saturated carbocycles. The normalized spacial score (nSPS) is 33.5. The number of fused-ring (bicyclic) bond motifs is 5. The monoisotopic (exact) mass is 374 g/mol. The van der Waals surface area contributed by atoms with Crippen LogP contribution in [0.3, 0.4) is 0 Å². The van der Waals surface area contributed by atoms with Crippen molar-refractivity contribution in [1.29, 1.82) is 0 Å². The molecule has 0 radical (unpaired) electrons. The third-order valence-corrected chi connectivity index (χ3v) is 5.41. The van der Waals surface area contributed by atoms with Crippen molar-refractivity contribution in [2.24, 2.45) is 17.8 Å². The Bertz CT molecular complexity index is 803. The molecule has 3 saturated heterocycles. The van der Waals surface area contributed by atoms with E-state index in [4.69, 9.17) is 18.9 Å². The number of rotatable bonds is 5. The molecule has 5 atom stereocenters. The van der Waals surface area contributed by atoms with Crippen molar-refractivity contribution in [1.82, 2.24) is 0 Å². The molecular formula is C19H18O8. The lowest BCUT2D eigenvalue weighted by Gasteiger charge is -2.31. The lowest BCUT2D eigenvalue weighted by molar-refractivity contribution is -0.165. The summed E-state index contributed by atoms with van der Waals surface area (Å²) < 4.78 is 21.2. The van der Waals surface area contributed by atoms with Crippen LogP contribution >= 0.6 is 0 Å². The summed E-state index contributed by atoms with van der Waals surface area (Å²) >= 11 is 0. The Balaban J connectivity index is 1.50. The summed E-state index contributed by atoms with van der Waals surface area (Å²) in [4.78, 5) is 47.6. The Morgan fingerprint density at radius 3 is 2.59 bits per heavy atom. The average Bonchev–Trinajstić information content (AvgIpc) is 3.28. The van der Waals surface area contributed by atoms with E-state index in [2.05, 4.69) is 0 Å². The van der Waals surface area contributed by atoms with Crippen molar-refractivity contribution < 1.29 is 38.1 Å². The molecular weight excluding hydrogens is 356 g/mol. The van der Waals surface area contributed by atoms with Gasteiger partial charge in [-0.05, 0) is 18.6 Å². The summed E-state index contributed by atoms with van der Waals surface area (Å²) in [6.45, 7) is 1.14. The van der Waals surface area contributed by atoms with Crippen molar-refractivity contribution in [3.05, 3.63) is 35.9 Å². The van der Waals surface area contributed by atoms with E-state index in [-0.39, 0.29) is 19.1 Å². The average molecular weight is 374 g/mol. The van der Waals surface area contributed by atoms with Crippen molar-refractivity contribution in [3.63, 3.8) is 0 Å². The first-order chi connectivity index (χ1) is 12.9. The summed E-state index contributed by atoms with van der Waals surface area (Å²) in [6.07, 6.45) is -0.288. The Labute approximate surface area is 154 Å². The maximum atomic E-state index is 12.2. The van der Waals surface area contributed by atoms with Crippen LogP contribution < -0.4 is 0 Å². The summed E-state index contributed by atoms with van der Waals surface area (Å²) in [5.41, 5.74) is -0.696. The molecule has 0 aromatic heterocycles. The molecule has 0 N–H and O–H groups in total. The van der Waals surface area contributed by atoms with Gasteiger partial charge in [-0.1, -0.05) is 18.2 Å². The first kappa shape index (κ1) is 17.7. The first-order valence-corrected chi connectivity index (χ1v) is 8.70. The second-order valence-corrected chi connectivity index (χ2v) is 7.10. The number of benzene rings is 1. The number of esters is 4. The van der Waals surface area contributed by atoms with E-state index in [9.17, 15) is 19.2 Å². The zero-order valence-electron chi connectivity index (χ0n) is 14.6. The lowest BCUT2D eigenvalue weighted by atomic mass is 9.69. The first-order valence-electron chi connectivity index (χ1n) is 8.70. The van der Waals surface area contributed by atoms with Crippen molar-refractivity contribution in [2.45, 2.75) is 25.0 Å². The molecule has 3 aliphatic heterocycles. The Morgan fingerprint density at radius 1 is 1.15 bits per heavy atom. The van der Waals surface area contributed by atoms with E-state index in [1.54, 1.807) is 30.3 Å². The third kappa shape index (κ3) is 2.90. The number of hydrogen-bond acceptors (Lipinski definition) is 8. The van der Waals surface area contributed by atoms with Gasteiger partial charge in [-0.15, -0.1) is 0 Å². The molecule has 0 aliphatic carbocycles. The smallest absolute Gasteiger partial charge is 0.338 e. The van der Waals surface area contributed by atoms with Gasteiger partial charge in [0.2, 0.25) is 0 Å². The van der Waals surface area contributed by atoms with Crippen LogP contribution in [-0.2, 0) is 33.3 Å². The minimum Gasteiger partial charge on any atom is -0.463 e. The highest BCUT2D eigenvalue weighted by molar-refractivity contribution is 5.98. The van der Waals surface area contributed by atoms with E-state index < -0.39 is 47.4 Å². The van der Waals surface area contributed by atoms with Crippen LogP contribution in [0.1, 0.15) is 23.7 Å². The number of carbonyl (C=O) groups excluding carboxylic acids is 4. The fourth-order valence-corrected chi connectivity index (χ4v) is 4.32. The number of carbonyl (C=O) groups is 4. The third-order valence-electron chi connectivity index (χ3n) is 5.41. The molecule has 3 aliphatic rings. The van der Waals surface area contributed by atoms with Gasteiger partial charge in [-0.3, -0.25) is 14.4 Å². The van der Waals surface area contributed by atoms with Gasteiger partial charge in [0.1, 0.15) is 24.0 Å². The molecule has 3 fully saturated rings. The van der Waals surface area contributed by atoms with Gasteiger partial charge in [0.25, 0.3) is 0 Å². The van der Waals surface area contributed by atoms with Crippen LogP contribution in [0.5, 0.6) is 0 Å². The standard InChI is InChI=1S/C19H18O8/c1-10(20)25-9-19-7-12(8-24-16(21)11-5-3-2-4-6-11)15(27-19)13-14(19)18(23)26-17(13)22/h2-6,12-15H,7-9H2,1H3/t12-,13+,14+,15-,19-/m0/s1. The van der Waals surface area contributed by atoms with Crippen molar-refractivity contribution in [2.75, 3.05) is 13.2 Å².